The van der Waals surface area contributed by atoms with Crippen molar-refractivity contribution in [3.05, 3.63) is 29.8 Å². The fourth-order valence-corrected chi connectivity index (χ4v) is 5.85. The predicted molar refractivity (Wildman–Crippen MR) is 142 cm³/mol. The molecule has 3 heteroatoms. The number of benzene rings is 1. The smallest absolute Gasteiger partial charge is 0.194 e. The third kappa shape index (κ3) is 9.19. The zero-order valence-electron chi connectivity index (χ0n) is 22.3. The molecular weight excluding hydrogens is 420 g/mol. The van der Waals surface area contributed by atoms with Gasteiger partial charge in [-0.05, 0) is 61.8 Å². The molecule has 1 saturated heterocycles. The van der Waals surface area contributed by atoms with E-state index in [2.05, 4.69) is 38.1 Å². The molecule has 2 fully saturated rings. The monoisotopic (exact) mass is 472 g/mol. The van der Waals surface area contributed by atoms with Crippen LogP contribution in [0.5, 0.6) is 5.75 Å². The molecule has 1 heterocycles. The van der Waals surface area contributed by atoms with Gasteiger partial charge >= 0.3 is 0 Å². The van der Waals surface area contributed by atoms with Crippen LogP contribution in [0.15, 0.2) is 24.3 Å². The van der Waals surface area contributed by atoms with Gasteiger partial charge in [0.05, 0.1) is 19.8 Å². The molecule has 3 nitrogen and oxygen atoms in total. The van der Waals surface area contributed by atoms with E-state index in [-0.39, 0.29) is 0 Å². The van der Waals surface area contributed by atoms with E-state index >= 15 is 0 Å². The maximum absolute atomic E-state index is 6.19. The van der Waals surface area contributed by atoms with E-state index in [1.807, 2.05) is 0 Å². The van der Waals surface area contributed by atoms with Crippen molar-refractivity contribution in [1.29, 1.82) is 0 Å². The lowest BCUT2D eigenvalue weighted by atomic mass is 9.78. The molecule has 0 amide bonds. The van der Waals surface area contributed by atoms with Crippen LogP contribution in [-0.2, 0) is 15.3 Å². The lowest BCUT2D eigenvalue weighted by molar-refractivity contribution is -0.280. The highest BCUT2D eigenvalue weighted by molar-refractivity contribution is 5.30. The van der Waals surface area contributed by atoms with Gasteiger partial charge in [0, 0.05) is 12.0 Å². The second-order valence-electron chi connectivity index (χ2n) is 10.9. The van der Waals surface area contributed by atoms with E-state index in [4.69, 9.17) is 14.2 Å². The first-order valence-corrected chi connectivity index (χ1v) is 14.8. The Morgan fingerprint density at radius 1 is 0.735 bits per heavy atom. The van der Waals surface area contributed by atoms with Crippen LogP contribution in [-0.4, -0.2) is 19.8 Å². The van der Waals surface area contributed by atoms with Crippen molar-refractivity contribution in [3.8, 4) is 5.75 Å². The Balaban J connectivity index is 1.32. The summed E-state index contributed by atoms with van der Waals surface area (Å²) < 4.78 is 18.5. The maximum atomic E-state index is 6.19. The van der Waals surface area contributed by atoms with Gasteiger partial charge < -0.3 is 14.2 Å². The topological polar surface area (TPSA) is 27.7 Å². The average molecular weight is 473 g/mol. The Hall–Kier alpha value is -1.06. The van der Waals surface area contributed by atoms with Crippen molar-refractivity contribution in [3.63, 3.8) is 0 Å². The van der Waals surface area contributed by atoms with Gasteiger partial charge in [-0.1, -0.05) is 90.9 Å². The van der Waals surface area contributed by atoms with Gasteiger partial charge in [-0.25, -0.2) is 0 Å². The van der Waals surface area contributed by atoms with Crippen molar-refractivity contribution in [1.82, 2.24) is 0 Å². The summed E-state index contributed by atoms with van der Waals surface area (Å²) in [5.41, 5.74) is 1.14. The predicted octanol–water partition coefficient (Wildman–Crippen LogP) is 9.18. The molecule has 1 saturated carbocycles. The fraction of sp³-hybridized carbons (Fsp3) is 0.806. The first-order valence-electron chi connectivity index (χ1n) is 14.8. The van der Waals surface area contributed by atoms with Crippen LogP contribution < -0.4 is 4.74 Å². The van der Waals surface area contributed by atoms with E-state index < -0.39 is 5.79 Å². The Labute approximate surface area is 210 Å². The summed E-state index contributed by atoms with van der Waals surface area (Å²) in [4.78, 5) is 0. The second-order valence-corrected chi connectivity index (χ2v) is 10.9. The molecule has 0 N–H and O–H groups in total. The number of ether oxygens (including phenoxy) is 3. The lowest BCUT2D eigenvalue weighted by Gasteiger charge is -2.38. The zero-order chi connectivity index (χ0) is 23.9. The molecule has 1 aliphatic carbocycles. The van der Waals surface area contributed by atoms with Gasteiger partial charge in [-0.3, -0.25) is 0 Å². The molecule has 2 aliphatic rings. The largest absolute Gasteiger partial charge is 0.494 e. The molecule has 0 unspecified atom stereocenters. The number of hydrogen-bond acceptors (Lipinski definition) is 3. The number of rotatable bonds is 16. The van der Waals surface area contributed by atoms with Gasteiger partial charge in [0.1, 0.15) is 5.75 Å². The second kappa shape index (κ2) is 15.8. The SMILES string of the molecule is CCCCCCCC1CCC(CCCOc2ccc(C3(CCCCC)OCCCO3)cc2)CC1. The highest BCUT2D eigenvalue weighted by Crippen LogP contribution is 2.37. The summed E-state index contributed by atoms with van der Waals surface area (Å²) in [6.07, 6.45) is 22.4. The molecule has 0 atom stereocenters. The lowest BCUT2D eigenvalue weighted by Crippen LogP contribution is -2.38. The number of unbranched alkanes of at least 4 members (excludes halogenated alkanes) is 6. The Morgan fingerprint density at radius 3 is 1.97 bits per heavy atom. The Bertz CT molecular complexity index is 627. The van der Waals surface area contributed by atoms with Crippen LogP contribution in [0.2, 0.25) is 0 Å². The molecule has 1 aromatic carbocycles. The van der Waals surface area contributed by atoms with Crippen LogP contribution in [0.4, 0.5) is 0 Å². The molecule has 194 valence electrons. The fourth-order valence-electron chi connectivity index (χ4n) is 5.85. The maximum Gasteiger partial charge on any atom is 0.194 e. The minimum atomic E-state index is -0.555. The van der Waals surface area contributed by atoms with Crippen LogP contribution >= 0.6 is 0 Å². The Kier molecular flexibility index (Phi) is 12.8. The summed E-state index contributed by atoms with van der Waals surface area (Å²) in [7, 11) is 0. The highest BCUT2D eigenvalue weighted by Gasteiger charge is 2.36. The molecule has 0 aromatic heterocycles. The van der Waals surface area contributed by atoms with Crippen LogP contribution in [0.3, 0.4) is 0 Å². The summed E-state index contributed by atoms with van der Waals surface area (Å²) in [5.74, 6) is 2.34. The van der Waals surface area contributed by atoms with Crippen molar-refractivity contribution in [2.75, 3.05) is 19.8 Å². The van der Waals surface area contributed by atoms with Gasteiger partial charge in [-0.2, -0.15) is 0 Å². The highest BCUT2D eigenvalue weighted by atomic mass is 16.7. The average Bonchev–Trinajstić information content (AvgIpc) is 2.88. The standard InChI is InChI=1S/C31H52O3/c1-3-5-7-8-9-13-27-15-17-28(18-16-27)14-11-24-32-30-21-19-29(20-22-30)31(23-10-6-4-2)33-25-12-26-34-31/h19-22,27-28H,3-18,23-26H2,1-2H3. The normalized spacial score (nSPS) is 22.5. The molecule has 1 aromatic rings. The van der Waals surface area contributed by atoms with E-state index in [1.165, 1.54) is 89.9 Å². The van der Waals surface area contributed by atoms with Crippen molar-refractivity contribution in [2.24, 2.45) is 11.8 Å². The molecule has 3 rings (SSSR count). The first-order chi connectivity index (χ1) is 16.8. The molecule has 0 spiro atoms. The summed E-state index contributed by atoms with van der Waals surface area (Å²) in [6, 6.07) is 8.50. The van der Waals surface area contributed by atoms with E-state index in [9.17, 15) is 0 Å². The van der Waals surface area contributed by atoms with Gasteiger partial charge in [0.2, 0.25) is 0 Å². The van der Waals surface area contributed by atoms with Gasteiger partial charge in [0.15, 0.2) is 5.79 Å². The van der Waals surface area contributed by atoms with Gasteiger partial charge in [-0.15, -0.1) is 0 Å². The minimum Gasteiger partial charge on any atom is -0.494 e. The van der Waals surface area contributed by atoms with Crippen molar-refractivity contribution >= 4 is 0 Å². The summed E-state index contributed by atoms with van der Waals surface area (Å²) >= 11 is 0. The third-order valence-corrected chi connectivity index (χ3v) is 8.07. The molecule has 34 heavy (non-hydrogen) atoms. The zero-order valence-corrected chi connectivity index (χ0v) is 22.3. The molecule has 0 radical (unpaired) electrons. The van der Waals surface area contributed by atoms with Crippen molar-refractivity contribution < 1.29 is 14.2 Å². The number of hydrogen-bond donors (Lipinski definition) is 0. The first kappa shape index (κ1) is 27.5. The van der Waals surface area contributed by atoms with E-state index in [1.54, 1.807) is 0 Å². The van der Waals surface area contributed by atoms with Crippen LogP contribution in [0.1, 0.15) is 129 Å². The quantitative estimate of drug-likeness (QED) is 0.224. The summed E-state index contributed by atoms with van der Waals surface area (Å²) in [6.45, 7) is 6.93. The van der Waals surface area contributed by atoms with Crippen molar-refractivity contribution in [2.45, 2.75) is 129 Å². The van der Waals surface area contributed by atoms with Crippen LogP contribution in [0.25, 0.3) is 0 Å². The van der Waals surface area contributed by atoms with Gasteiger partial charge in [0.25, 0.3) is 0 Å². The third-order valence-electron chi connectivity index (χ3n) is 8.07. The molecular formula is C31H52O3. The van der Waals surface area contributed by atoms with E-state index in [0.29, 0.717) is 0 Å². The molecule has 0 bridgehead atoms. The van der Waals surface area contributed by atoms with Crippen LogP contribution in [0, 0.1) is 11.8 Å². The molecule has 1 aliphatic heterocycles. The minimum absolute atomic E-state index is 0.555. The van der Waals surface area contributed by atoms with E-state index in [0.717, 1.165) is 62.2 Å². The summed E-state index contributed by atoms with van der Waals surface area (Å²) in [5, 5.41) is 0. The Morgan fingerprint density at radius 2 is 1.32 bits per heavy atom.